The van der Waals surface area contributed by atoms with E-state index in [1.165, 1.54) is 27.2 Å². The van der Waals surface area contributed by atoms with Crippen molar-refractivity contribution in [3.63, 3.8) is 0 Å². The molecule has 1 N–H and O–H groups in total. The molecule has 3 heterocycles. The SMILES string of the molecule is CN(C)C(=NC(=O)[C@@H]1CCCN1C(=O)CN1CCC[C@H](NS(=O)(=O)C=Cc2ccc(Cl)s2)C1=O)N(C)C. The van der Waals surface area contributed by atoms with Crippen LogP contribution in [0.1, 0.15) is 30.6 Å². The summed E-state index contributed by atoms with van der Waals surface area (Å²) in [6, 6.07) is 1.71. The summed E-state index contributed by atoms with van der Waals surface area (Å²) in [6.07, 6.45) is 3.45. The van der Waals surface area contributed by atoms with E-state index < -0.39 is 33.9 Å². The highest BCUT2D eigenvalue weighted by Gasteiger charge is 2.37. The van der Waals surface area contributed by atoms with Crippen LogP contribution in [0.4, 0.5) is 0 Å². The molecule has 3 amide bonds. The summed E-state index contributed by atoms with van der Waals surface area (Å²) in [7, 11) is 3.23. The van der Waals surface area contributed by atoms with Crippen molar-refractivity contribution >= 4 is 62.7 Å². The van der Waals surface area contributed by atoms with Crippen LogP contribution in [-0.2, 0) is 24.4 Å². The molecule has 0 aromatic carbocycles. The molecular weight excluding hydrogens is 540 g/mol. The van der Waals surface area contributed by atoms with Crippen molar-refractivity contribution in [2.75, 3.05) is 47.8 Å². The summed E-state index contributed by atoms with van der Waals surface area (Å²) >= 11 is 7.11. The summed E-state index contributed by atoms with van der Waals surface area (Å²) in [4.78, 5) is 50.2. The Labute approximate surface area is 226 Å². The van der Waals surface area contributed by atoms with Crippen LogP contribution in [0.5, 0.6) is 0 Å². The molecule has 11 nitrogen and oxygen atoms in total. The molecule has 2 aliphatic rings. The third kappa shape index (κ3) is 7.76. The summed E-state index contributed by atoms with van der Waals surface area (Å²) < 4.78 is 28.0. The number of carbonyl (C=O) groups is 3. The number of carbonyl (C=O) groups excluding carboxylic acids is 3. The second-order valence-corrected chi connectivity index (χ2v) is 12.7. The second kappa shape index (κ2) is 12.4. The number of guanidine groups is 1. The standard InChI is InChI=1S/C23H33ClN6O5S2/c1-27(2)23(28(3)4)25-21(32)18-8-6-13-30(18)20(31)15-29-12-5-7-17(22(29)33)26-37(34,35)14-11-16-9-10-19(24)36-16/h9-11,14,17-18,26H,5-8,12-13,15H2,1-4H3/t17-,18-/m0/s1. The Hall–Kier alpha value is -2.48. The second-order valence-electron chi connectivity index (χ2n) is 9.35. The first kappa shape index (κ1) is 29.1. The van der Waals surface area contributed by atoms with Crippen molar-refractivity contribution in [1.29, 1.82) is 0 Å². The van der Waals surface area contributed by atoms with E-state index in [-0.39, 0.29) is 12.5 Å². The van der Waals surface area contributed by atoms with Crippen LogP contribution in [0.3, 0.4) is 0 Å². The molecule has 0 unspecified atom stereocenters. The first-order valence-corrected chi connectivity index (χ1v) is 14.6. The lowest BCUT2D eigenvalue weighted by atomic mass is 10.1. The van der Waals surface area contributed by atoms with E-state index in [9.17, 15) is 22.8 Å². The van der Waals surface area contributed by atoms with Gasteiger partial charge in [-0.25, -0.2) is 8.42 Å². The number of aliphatic imine (C=N–C) groups is 1. The smallest absolute Gasteiger partial charge is 0.271 e. The number of thiophene rings is 1. The van der Waals surface area contributed by atoms with Crippen molar-refractivity contribution in [3.8, 4) is 0 Å². The first-order chi connectivity index (χ1) is 17.4. The Bertz CT molecular complexity index is 1170. The summed E-state index contributed by atoms with van der Waals surface area (Å²) in [5.74, 6) is -0.744. The van der Waals surface area contributed by atoms with Crippen LogP contribution in [0, 0.1) is 0 Å². The number of piperidine rings is 1. The molecule has 14 heteroatoms. The lowest BCUT2D eigenvalue weighted by Crippen LogP contribution is -2.55. The maximum Gasteiger partial charge on any atom is 0.271 e. The minimum absolute atomic E-state index is 0.220. The normalized spacial score (nSPS) is 20.4. The van der Waals surface area contributed by atoms with Crippen LogP contribution >= 0.6 is 22.9 Å². The molecule has 0 aliphatic carbocycles. The Balaban J connectivity index is 1.63. The van der Waals surface area contributed by atoms with Crippen molar-refractivity contribution < 1.29 is 22.8 Å². The number of sulfonamides is 1. The van der Waals surface area contributed by atoms with Gasteiger partial charge in [0.05, 0.1) is 10.9 Å². The third-order valence-corrected chi connectivity index (χ3v) is 8.34. The van der Waals surface area contributed by atoms with Gasteiger partial charge >= 0.3 is 0 Å². The molecule has 204 valence electrons. The van der Waals surface area contributed by atoms with Gasteiger partial charge in [0.25, 0.3) is 5.91 Å². The largest absolute Gasteiger partial charge is 0.349 e. The Morgan fingerprint density at radius 1 is 1.16 bits per heavy atom. The lowest BCUT2D eigenvalue weighted by molar-refractivity contribution is -0.144. The fourth-order valence-electron chi connectivity index (χ4n) is 4.37. The lowest BCUT2D eigenvalue weighted by Gasteiger charge is -2.33. The summed E-state index contributed by atoms with van der Waals surface area (Å²) in [5, 5.41) is 1.00. The molecule has 0 bridgehead atoms. The van der Waals surface area contributed by atoms with Crippen molar-refractivity contribution in [2.45, 2.75) is 37.8 Å². The average Bonchev–Trinajstić information content (AvgIpc) is 3.47. The van der Waals surface area contributed by atoms with Crippen molar-refractivity contribution in [2.24, 2.45) is 4.99 Å². The highest BCUT2D eigenvalue weighted by Crippen LogP contribution is 2.23. The van der Waals surface area contributed by atoms with Crippen LogP contribution < -0.4 is 4.72 Å². The Morgan fingerprint density at radius 3 is 2.46 bits per heavy atom. The van der Waals surface area contributed by atoms with E-state index in [0.29, 0.717) is 53.9 Å². The van der Waals surface area contributed by atoms with Crippen LogP contribution in [-0.4, -0.2) is 112 Å². The fraction of sp³-hybridized carbons (Fsp3) is 0.565. The number of likely N-dealkylation sites (tertiary alicyclic amines) is 2. The monoisotopic (exact) mass is 572 g/mol. The molecule has 1 aromatic rings. The molecule has 3 rings (SSSR count). The molecule has 2 aliphatic heterocycles. The molecule has 2 fully saturated rings. The molecule has 2 atom stereocenters. The molecule has 0 saturated carbocycles. The van der Waals surface area contributed by atoms with Gasteiger partial charge in [0.2, 0.25) is 27.8 Å². The van der Waals surface area contributed by atoms with E-state index in [0.717, 1.165) is 5.41 Å². The number of nitrogens with zero attached hydrogens (tertiary/aromatic N) is 5. The van der Waals surface area contributed by atoms with E-state index in [1.54, 1.807) is 50.1 Å². The van der Waals surface area contributed by atoms with E-state index in [4.69, 9.17) is 11.6 Å². The van der Waals surface area contributed by atoms with Gasteiger partial charge in [0.15, 0.2) is 0 Å². The van der Waals surface area contributed by atoms with Crippen molar-refractivity contribution in [3.05, 3.63) is 26.8 Å². The van der Waals surface area contributed by atoms with Gasteiger partial charge in [-0.2, -0.15) is 9.71 Å². The van der Waals surface area contributed by atoms with Gasteiger partial charge in [-0.05, 0) is 43.9 Å². The van der Waals surface area contributed by atoms with Gasteiger partial charge in [-0.15, -0.1) is 11.3 Å². The molecule has 1 aromatic heterocycles. The van der Waals surface area contributed by atoms with Gasteiger partial charge in [0, 0.05) is 51.6 Å². The first-order valence-electron chi connectivity index (χ1n) is 11.9. The van der Waals surface area contributed by atoms with Gasteiger partial charge in [-0.3, -0.25) is 14.4 Å². The van der Waals surface area contributed by atoms with Gasteiger partial charge in [-0.1, -0.05) is 11.6 Å². The van der Waals surface area contributed by atoms with Crippen LogP contribution in [0.15, 0.2) is 22.5 Å². The Kier molecular flexibility index (Phi) is 9.73. The minimum atomic E-state index is -3.89. The van der Waals surface area contributed by atoms with Crippen LogP contribution in [0.2, 0.25) is 4.34 Å². The highest BCUT2D eigenvalue weighted by molar-refractivity contribution is 7.92. The van der Waals surface area contributed by atoms with Crippen LogP contribution in [0.25, 0.3) is 6.08 Å². The van der Waals surface area contributed by atoms with Gasteiger partial charge < -0.3 is 19.6 Å². The molecular formula is C23H33ClN6O5S2. The average molecular weight is 573 g/mol. The zero-order chi connectivity index (χ0) is 27.3. The number of amides is 3. The quantitative estimate of drug-likeness (QED) is 0.386. The predicted molar refractivity (Wildman–Crippen MR) is 145 cm³/mol. The minimum Gasteiger partial charge on any atom is -0.349 e. The maximum absolute atomic E-state index is 13.1. The molecule has 37 heavy (non-hydrogen) atoms. The van der Waals surface area contributed by atoms with Gasteiger partial charge in [0.1, 0.15) is 12.1 Å². The number of rotatable bonds is 7. The zero-order valence-electron chi connectivity index (χ0n) is 21.4. The fourth-order valence-corrected chi connectivity index (χ4v) is 6.44. The molecule has 0 radical (unpaired) electrons. The number of hydrogen-bond acceptors (Lipinski definition) is 6. The number of nitrogens with one attached hydrogen (secondary N) is 1. The van der Waals surface area contributed by atoms with E-state index >= 15 is 0 Å². The summed E-state index contributed by atoms with van der Waals surface area (Å²) in [6.45, 7) is 0.518. The highest BCUT2D eigenvalue weighted by atomic mass is 35.5. The topological polar surface area (TPSA) is 123 Å². The van der Waals surface area contributed by atoms with E-state index in [2.05, 4.69) is 9.71 Å². The predicted octanol–water partition coefficient (Wildman–Crippen LogP) is 1.28. The zero-order valence-corrected chi connectivity index (χ0v) is 23.8. The molecule has 0 spiro atoms. The third-order valence-electron chi connectivity index (χ3n) is 6.04. The van der Waals surface area contributed by atoms with E-state index in [1.807, 2.05) is 0 Å². The maximum atomic E-state index is 13.1. The summed E-state index contributed by atoms with van der Waals surface area (Å²) in [5.41, 5.74) is 0. The number of hydrogen-bond donors (Lipinski definition) is 1. The Morgan fingerprint density at radius 2 is 1.84 bits per heavy atom. The van der Waals surface area contributed by atoms with Crippen molar-refractivity contribution in [1.82, 2.24) is 24.3 Å². The molecule has 2 saturated heterocycles. The number of halogens is 1.